The third-order valence-corrected chi connectivity index (χ3v) is 3.96. The molecular weight excluding hydrogens is 308 g/mol. The van der Waals surface area contributed by atoms with Crippen LogP contribution in [0.25, 0.3) is 0 Å². The zero-order valence-corrected chi connectivity index (χ0v) is 14.4. The first-order valence-electron chi connectivity index (χ1n) is 8.55. The number of carboxylic acid groups (broad SMARTS) is 1. The van der Waals surface area contributed by atoms with Crippen LogP contribution in [0.3, 0.4) is 0 Å². The smallest absolute Gasteiger partial charge is 0.346 e. The van der Waals surface area contributed by atoms with E-state index in [1.165, 1.54) is 43.5 Å². The SMILES string of the molecule is CCCCCCCCC(C)C(=O)OC(=O)c1ccccc1C(=O)O. The van der Waals surface area contributed by atoms with Gasteiger partial charge in [0, 0.05) is 0 Å². The van der Waals surface area contributed by atoms with Crippen LogP contribution in [0.15, 0.2) is 24.3 Å². The predicted molar refractivity (Wildman–Crippen MR) is 91.0 cm³/mol. The summed E-state index contributed by atoms with van der Waals surface area (Å²) in [6.45, 7) is 3.89. The number of aromatic carboxylic acids is 1. The van der Waals surface area contributed by atoms with E-state index in [0.29, 0.717) is 6.42 Å². The molecule has 24 heavy (non-hydrogen) atoms. The van der Waals surface area contributed by atoms with E-state index < -0.39 is 17.9 Å². The van der Waals surface area contributed by atoms with Gasteiger partial charge in [0.25, 0.3) is 0 Å². The molecule has 5 nitrogen and oxygen atoms in total. The van der Waals surface area contributed by atoms with Crippen LogP contribution in [-0.2, 0) is 9.53 Å². The molecule has 0 bridgehead atoms. The van der Waals surface area contributed by atoms with Crippen molar-refractivity contribution in [3.8, 4) is 0 Å². The molecule has 132 valence electrons. The number of rotatable bonds is 10. The first-order chi connectivity index (χ1) is 11.5. The molecule has 0 radical (unpaired) electrons. The van der Waals surface area contributed by atoms with Crippen LogP contribution in [0.2, 0.25) is 0 Å². The van der Waals surface area contributed by atoms with Crippen molar-refractivity contribution < 1.29 is 24.2 Å². The normalized spacial score (nSPS) is 11.8. The molecule has 0 aliphatic rings. The number of benzene rings is 1. The van der Waals surface area contributed by atoms with Gasteiger partial charge in [0.1, 0.15) is 0 Å². The Labute approximate surface area is 143 Å². The average molecular weight is 334 g/mol. The van der Waals surface area contributed by atoms with E-state index in [-0.39, 0.29) is 17.0 Å². The van der Waals surface area contributed by atoms with Crippen molar-refractivity contribution in [2.24, 2.45) is 5.92 Å². The minimum atomic E-state index is -1.23. The Hall–Kier alpha value is -2.17. The second-order valence-electron chi connectivity index (χ2n) is 6.02. The van der Waals surface area contributed by atoms with Crippen LogP contribution in [0.1, 0.15) is 79.5 Å². The molecule has 1 N–H and O–H groups in total. The van der Waals surface area contributed by atoms with Gasteiger partial charge in [-0.25, -0.2) is 9.59 Å². The van der Waals surface area contributed by atoms with Crippen molar-refractivity contribution in [2.45, 2.75) is 58.8 Å². The monoisotopic (exact) mass is 334 g/mol. The first kappa shape index (κ1) is 19.9. The highest BCUT2D eigenvalue weighted by molar-refractivity contribution is 6.05. The molecular formula is C19H26O5. The molecule has 1 rings (SSSR count). The summed E-state index contributed by atoms with van der Waals surface area (Å²) in [5.41, 5.74) is -0.274. The molecule has 0 saturated carbocycles. The van der Waals surface area contributed by atoms with Crippen molar-refractivity contribution >= 4 is 17.9 Å². The summed E-state index contributed by atoms with van der Waals surface area (Å²) in [5, 5.41) is 9.07. The van der Waals surface area contributed by atoms with Gasteiger partial charge in [0.2, 0.25) is 0 Å². The van der Waals surface area contributed by atoms with Gasteiger partial charge in [0.15, 0.2) is 0 Å². The number of carbonyl (C=O) groups is 3. The van der Waals surface area contributed by atoms with Crippen molar-refractivity contribution in [3.05, 3.63) is 35.4 Å². The number of carbonyl (C=O) groups excluding carboxylic acids is 2. The second-order valence-corrected chi connectivity index (χ2v) is 6.02. The molecule has 0 saturated heterocycles. The Balaban J connectivity index is 2.46. The fourth-order valence-electron chi connectivity index (χ4n) is 2.44. The Morgan fingerprint density at radius 1 is 1.00 bits per heavy atom. The maximum absolute atomic E-state index is 12.0. The number of ether oxygens (including phenoxy) is 1. The van der Waals surface area contributed by atoms with Crippen molar-refractivity contribution in [1.82, 2.24) is 0 Å². The van der Waals surface area contributed by atoms with Gasteiger partial charge in [-0.15, -0.1) is 0 Å². The summed E-state index contributed by atoms with van der Waals surface area (Å²) in [6.07, 6.45) is 7.43. The molecule has 0 amide bonds. The van der Waals surface area contributed by atoms with Crippen LogP contribution in [0.5, 0.6) is 0 Å². The van der Waals surface area contributed by atoms with E-state index in [1.807, 2.05) is 0 Å². The lowest BCUT2D eigenvalue weighted by atomic mass is 10.0. The lowest BCUT2D eigenvalue weighted by molar-refractivity contribution is -0.142. The maximum atomic E-state index is 12.0. The molecule has 1 aromatic rings. The minimum absolute atomic E-state index is 0.106. The van der Waals surface area contributed by atoms with Crippen molar-refractivity contribution in [1.29, 1.82) is 0 Å². The van der Waals surface area contributed by atoms with E-state index in [4.69, 9.17) is 9.84 Å². The zero-order valence-electron chi connectivity index (χ0n) is 14.4. The standard InChI is InChI=1S/C19H26O5/c1-3-4-5-6-7-8-11-14(2)18(22)24-19(23)16-13-10-9-12-15(16)17(20)21/h9-10,12-14H,3-8,11H2,1-2H3,(H,20,21). The highest BCUT2D eigenvalue weighted by Crippen LogP contribution is 2.16. The van der Waals surface area contributed by atoms with Crippen LogP contribution >= 0.6 is 0 Å². The summed E-state index contributed by atoms with van der Waals surface area (Å²) in [5.74, 6) is -3.12. The van der Waals surface area contributed by atoms with Gasteiger partial charge < -0.3 is 9.84 Å². The number of hydrogen-bond donors (Lipinski definition) is 1. The molecule has 1 aromatic carbocycles. The molecule has 0 heterocycles. The summed E-state index contributed by atoms with van der Waals surface area (Å²) < 4.78 is 4.84. The minimum Gasteiger partial charge on any atom is -0.478 e. The van der Waals surface area contributed by atoms with Gasteiger partial charge in [-0.1, -0.05) is 64.5 Å². The molecule has 0 aromatic heterocycles. The Morgan fingerprint density at radius 2 is 1.58 bits per heavy atom. The maximum Gasteiger partial charge on any atom is 0.346 e. The second kappa shape index (κ2) is 10.6. The molecule has 5 heteroatoms. The van der Waals surface area contributed by atoms with E-state index in [1.54, 1.807) is 6.92 Å². The van der Waals surface area contributed by atoms with Crippen LogP contribution in [-0.4, -0.2) is 23.0 Å². The molecule has 0 spiro atoms. The molecule has 0 fully saturated rings. The summed E-state index contributed by atoms with van der Waals surface area (Å²) in [4.78, 5) is 35.1. The lowest BCUT2D eigenvalue weighted by Crippen LogP contribution is -2.21. The fraction of sp³-hybridized carbons (Fsp3) is 0.526. The van der Waals surface area contributed by atoms with Gasteiger partial charge in [-0.05, 0) is 18.6 Å². The Kier molecular flexibility index (Phi) is 8.76. The van der Waals surface area contributed by atoms with E-state index in [2.05, 4.69) is 6.92 Å². The molecule has 0 aliphatic carbocycles. The third-order valence-electron chi connectivity index (χ3n) is 3.96. The van der Waals surface area contributed by atoms with E-state index in [9.17, 15) is 14.4 Å². The van der Waals surface area contributed by atoms with Gasteiger partial charge in [0.05, 0.1) is 17.0 Å². The molecule has 1 atom stereocenters. The molecule has 1 unspecified atom stereocenters. The first-order valence-corrected chi connectivity index (χ1v) is 8.55. The Bertz CT molecular complexity index is 565. The highest BCUT2D eigenvalue weighted by Gasteiger charge is 2.22. The van der Waals surface area contributed by atoms with Crippen molar-refractivity contribution in [2.75, 3.05) is 0 Å². The van der Waals surface area contributed by atoms with Crippen LogP contribution in [0.4, 0.5) is 0 Å². The highest BCUT2D eigenvalue weighted by atomic mass is 16.6. The van der Waals surface area contributed by atoms with Crippen LogP contribution < -0.4 is 0 Å². The fourth-order valence-corrected chi connectivity index (χ4v) is 2.44. The number of esters is 2. The van der Waals surface area contributed by atoms with E-state index in [0.717, 1.165) is 19.3 Å². The quantitative estimate of drug-likeness (QED) is 0.388. The number of carboxylic acids is 1. The summed E-state index contributed by atoms with van der Waals surface area (Å²) in [6, 6.07) is 5.71. The third kappa shape index (κ3) is 6.52. The van der Waals surface area contributed by atoms with Crippen molar-refractivity contribution in [3.63, 3.8) is 0 Å². The van der Waals surface area contributed by atoms with Gasteiger partial charge in [-0.3, -0.25) is 4.79 Å². The summed E-state index contributed by atoms with van der Waals surface area (Å²) >= 11 is 0. The molecule has 0 aliphatic heterocycles. The largest absolute Gasteiger partial charge is 0.478 e. The average Bonchev–Trinajstić information content (AvgIpc) is 2.57. The van der Waals surface area contributed by atoms with E-state index >= 15 is 0 Å². The van der Waals surface area contributed by atoms with Crippen LogP contribution in [0, 0.1) is 5.92 Å². The zero-order chi connectivity index (χ0) is 17.9. The van der Waals surface area contributed by atoms with Gasteiger partial charge in [-0.2, -0.15) is 0 Å². The Morgan fingerprint density at radius 3 is 2.21 bits per heavy atom. The lowest BCUT2D eigenvalue weighted by Gasteiger charge is -2.11. The number of hydrogen-bond acceptors (Lipinski definition) is 4. The predicted octanol–water partition coefficient (Wildman–Crippen LogP) is 4.45. The summed E-state index contributed by atoms with van der Waals surface area (Å²) in [7, 11) is 0. The topological polar surface area (TPSA) is 80.7 Å². The number of unbranched alkanes of at least 4 members (excludes halogenated alkanes) is 5. The van der Waals surface area contributed by atoms with Gasteiger partial charge >= 0.3 is 17.9 Å².